The second-order valence-corrected chi connectivity index (χ2v) is 5.35. The lowest BCUT2D eigenvalue weighted by atomic mass is 9.75. The molecule has 0 aromatic carbocycles. The summed E-state index contributed by atoms with van der Waals surface area (Å²) in [5, 5.41) is 9.68. The van der Waals surface area contributed by atoms with Crippen molar-refractivity contribution >= 4 is 5.97 Å². The third-order valence-electron chi connectivity index (χ3n) is 4.09. The number of hydrogen-bond acceptors (Lipinski definition) is 3. The van der Waals surface area contributed by atoms with E-state index in [1.165, 1.54) is 0 Å². The smallest absolute Gasteiger partial charge is 0.309 e. The average molecular weight is 263 g/mol. The van der Waals surface area contributed by atoms with E-state index in [0.717, 1.165) is 44.1 Å². The van der Waals surface area contributed by atoms with Crippen molar-refractivity contribution < 1.29 is 14.6 Å². The summed E-state index contributed by atoms with van der Waals surface area (Å²) in [6.07, 6.45) is 7.95. The zero-order chi connectivity index (χ0) is 13.7. The van der Waals surface area contributed by atoms with E-state index in [1.54, 1.807) is 13.3 Å². The number of methoxy groups -OCH3 is 1. The molecule has 0 radical (unpaired) electrons. The minimum atomic E-state index is -0.680. The van der Waals surface area contributed by atoms with Crippen LogP contribution in [-0.4, -0.2) is 23.2 Å². The molecule has 0 aliphatic heterocycles. The van der Waals surface area contributed by atoms with Crippen molar-refractivity contribution in [3.8, 4) is 5.88 Å². The number of carboxylic acids is 1. The van der Waals surface area contributed by atoms with Crippen molar-refractivity contribution in [3.63, 3.8) is 0 Å². The van der Waals surface area contributed by atoms with Crippen LogP contribution in [0.2, 0.25) is 0 Å². The van der Waals surface area contributed by atoms with E-state index < -0.39 is 11.4 Å². The Morgan fingerprint density at radius 3 is 2.63 bits per heavy atom. The first-order valence-electron chi connectivity index (χ1n) is 6.89. The maximum atomic E-state index is 11.8. The molecular formula is C15H21NO3. The van der Waals surface area contributed by atoms with Gasteiger partial charge in [-0.15, -0.1) is 0 Å². The minimum Gasteiger partial charge on any atom is -0.481 e. The molecule has 1 N–H and O–H groups in total. The van der Waals surface area contributed by atoms with Gasteiger partial charge >= 0.3 is 5.97 Å². The van der Waals surface area contributed by atoms with E-state index in [2.05, 4.69) is 4.98 Å². The Hall–Kier alpha value is -1.58. The van der Waals surface area contributed by atoms with Gasteiger partial charge in [-0.05, 0) is 25.3 Å². The summed E-state index contributed by atoms with van der Waals surface area (Å²) < 4.78 is 5.24. The van der Waals surface area contributed by atoms with E-state index in [9.17, 15) is 9.90 Å². The summed E-state index contributed by atoms with van der Waals surface area (Å²) >= 11 is 0. The minimum absolute atomic E-state index is 0.513. The maximum absolute atomic E-state index is 11.8. The third kappa shape index (κ3) is 3.06. The molecule has 0 bridgehead atoms. The maximum Gasteiger partial charge on any atom is 0.309 e. The lowest BCUT2D eigenvalue weighted by Gasteiger charge is -2.28. The molecule has 104 valence electrons. The number of rotatable bonds is 4. The molecule has 1 heterocycles. The van der Waals surface area contributed by atoms with Crippen LogP contribution in [0, 0.1) is 5.41 Å². The quantitative estimate of drug-likeness (QED) is 0.848. The highest BCUT2D eigenvalue weighted by atomic mass is 16.5. The fourth-order valence-corrected chi connectivity index (χ4v) is 2.98. The summed E-state index contributed by atoms with van der Waals surface area (Å²) in [7, 11) is 1.58. The summed E-state index contributed by atoms with van der Waals surface area (Å²) in [5.74, 6) is -0.132. The van der Waals surface area contributed by atoms with Gasteiger partial charge in [0.2, 0.25) is 5.88 Å². The largest absolute Gasteiger partial charge is 0.481 e. The molecule has 0 saturated heterocycles. The molecule has 19 heavy (non-hydrogen) atoms. The SMILES string of the molecule is COc1ncccc1CC1(C(=O)O)CCCCCC1. The topological polar surface area (TPSA) is 59.4 Å². The van der Waals surface area contributed by atoms with Crippen LogP contribution in [-0.2, 0) is 11.2 Å². The fourth-order valence-electron chi connectivity index (χ4n) is 2.98. The predicted molar refractivity (Wildman–Crippen MR) is 72.3 cm³/mol. The van der Waals surface area contributed by atoms with Crippen LogP contribution in [0.5, 0.6) is 5.88 Å². The molecule has 1 aromatic rings. The van der Waals surface area contributed by atoms with Crippen molar-refractivity contribution in [1.29, 1.82) is 0 Å². The zero-order valence-electron chi connectivity index (χ0n) is 11.4. The van der Waals surface area contributed by atoms with Gasteiger partial charge in [-0.1, -0.05) is 31.7 Å². The molecule has 1 aromatic heterocycles. The molecule has 4 heteroatoms. The first-order chi connectivity index (χ1) is 9.18. The molecule has 1 saturated carbocycles. The Morgan fingerprint density at radius 2 is 2.05 bits per heavy atom. The van der Waals surface area contributed by atoms with Gasteiger partial charge in [0, 0.05) is 11.8 Å². The van der Waals surface area contributed by atoms with Gasteiger partial charge < -0.3 is 9.84 Å². The first-order valence-corrected chi connectivity index (χ1v) is 6.89. The lowest BCUT2D eigenvalue weighted by Crippen LogP contribution is -2.33. The van der Waals surface area contributed by atoms with E-state index >= 15 is 0 Å². The fraction of sp³-hybridized carbons (Fsp3) is 0.600. The number of carbonyl (C=O) groups is 1. The highest BCUT2D eigenvalue weighted by molar-refractivity contribution is 5.75. The normalized spacial score (nSPS) is 18.6. The van der Waals surface area contributed by atoms with Crippen molar-refractivity contribution in [2.45, 2.75) is 44.9 Å². The van der Waals surface area contributed by atoms with Crippen LogP contribution in [0.1, 0.15) is 44.1 Å². The van der Waals surface area contributed by atoms with Gasteiger partial charge in [-0.3, -0.25) is 4.79 Å². The Labute approximate surface area is 113 Å². The van der Waals surface area contributed by atoms with Crippen molar-refractivity contribution in [2.75, 3.05) is 7.11 Å². The molecular weight excluding hydrogens is 242 g/mol. The molecule has 1 aliphatic rings. The monoisotopic (exact) mass is 263 g/mol. The van der Waals surface area contributed by atoms with Crippen molar-refractivity contribution in [2.24, 2.45) is 5.41 Å². The van der Waals surface area contributed by atoms with Crippen LogP contribution in [0.15, 0.2) is 18.3 Å². The summed E-state index contributed by atoms with van der Waals surface area (Å²) in [5.41, 5.74) is 0.251. The van der Waals surface area contributed by atoms with Crippen LogP contribution in [0.4, 0.5) is 0 Å². The highest BCUT2D eigenvalue weighted by Gasteiger charge is 2.39. The van der Waals surface area contributed by atoms with Crippen LogP contribution < -0.4 is 4.74 Å². The summed E-state index contributed by atoms with van der Waals surface area (Å²) in [4.78, 5) is 15.9. The van der Waals surface area contributed by atoms with Crippen molar-refractivity contribution in [3.05, 3.63) is 23.9 Å². The molecule has 0 atom stereocenters. The molecule has 2 rings (SSSR count). The van der Waals surface area contributed by atoms with Crippen LogP contribution in [0.25, 0.3) is 0 Å². The summed E-state index contributed by atoms with van der Waals surface area (Å²) in [6, 6.07) is 3.76. The van der Waals surface area contributed by atoms with Crippen molar-refractivity contribution in [1.82, 2.24) is 4.98 Å². The Balaban J connectivity index is 2.27. The Bertz CT molecular complexity index is 437. The number of hydrogen-bond donors (Lipinski definition) is 1. The standard InChI is InChI=1S/C15H21NO3/c1-19-13-12(7-6-10-16-13)11-15(14(17)18)8-4-2-3-5-9-15/h6-7,10H,2-5,8-9,11H2,1H3,(H,17,18). The van der Waals surface area contributed by atoms with E-state index in [1.807, 2.05) is 12.1 Å². The number of carboxylic acid groups (broad SMARTS) is 1. The second-order valence-electron chi connectivity index (χ2n) is 5.35. The number of aromatic nitrogens is 1. The zero-order valence-corrected chi connectivity index (χ0v) is 11.4. The molecule has 0 spiro atoms. The van der Waals surface area contributed by atoms with Crippen LogP contribution >= 0.6 is 0 Å². The van der Waals surface area contributed by atoms with E-state index in [0.29, 0.717) is 12.3 Å². The molecule has 0 unspecified atom stereocenters. The van der Waals surface area contributed by atoms with Gasteiger partial charge in [0.25, 0.3) is 0 Å². The second kappa shape index (κ2) is 6.04. The number of ether oxygens (including phenoxy) is 1. The van der Waals surface area contributed by atoms with Gasteiger partial charge in [0.05, 0.1) is 12.5 Å². The molecule has 0 amide bonds. The lowest BCUT2D eigenvalue weighted by molar-refractivity contribution is -0.149. The van der Waals surface area contributed by atoms with Gasteiger partial charge in [-0.25, -0.2) is 4.98 Å². The average Bonchev–Trinajstić information content (AvgIpc) is 2.66. The number of pyridine rings is 1. The molecule has 1 fully saturated rings. The molecule has 1 aliphatic carbocycles. The van der Waals surface area contributed by atoms with Gasteiger partial charge in [-0.2, -0.15) is 0 Å². The first kappa shape index (κ1) is 13.8. The summed E-state index contributed by atoms with van der Waals surface area (Å²) in [6.45, 7) is 0. The predicted octanol–water partition coefficient (Wildman–Crippen LogP) is 3.06. The number of aliphatic carboxylic acids is 1. The highest BCUT2D eigenvalue weighted by Crippen LogP contribution is 2.39. The third-order valence-corrected chi connectivity index (χ3v) is 4.09. The molecule has 4 nitrogen and oxygen atoms in total. The van der Waals surface area contributed by atoms with E-state index in [4.69, 9.17) is 4.74 Å². The van der Waals surface area contributed by atoms with E-state index in [-0.39, 0.29) is 0 Å². The Kier molecular flexibility index (Phi) is 4.40. The van der Waals surface area contributed by atoms with Gasteiger partial charge in [0.1, 0.15) is 0 Å². The Morgan fingerprint density at radius 1 is 1.37 bits per heavy atom. The van der Waals surface area contributed by atoms with Gasteiger partial charge in [0.15, 0.2) is 0 Å². The number of nitrogens with zero attached hydrogens (tertiary/aromatic N) is 1. The van der Waals surface area contributed by atoms with Crippen LogP contribution in [0.3, 0.4) is 0 Å².